The molecule has 14 nitrogen and oxygen atoms in total. The van der Waals surface area contributed by atoms with Gasteiger partial charge >= 0.3 is 18.2 Å². The number of carbonyl (C=O) groups is 5. The lowest BCUT2D eigenvalue weighted by Crippen LogP contribution is -2.49. The van der Waals surface area contributed by atoms with E-state index in [1.807, 2.05) is 30.3 Å². The van der Waals surface area contributed by atoms with E-state index in [2.05, 4.69) is 10.6 Å². The molecule has 52 heavy (non-hydrogen) atoms. The quantitative estimate of drug-likeness (QED) is 0.178. The maximum absolute atomic E-state index is 15.2. The van der Waals surface area contributed by atoms with Crippen LogP contribution in [-0.4, -0.2) is 77.1 Å². The van der Waals surface area contributed by atoms with Gasteiger partial charge in [0, 0.05) is 62.8 Å². The van der Waals surface area contributed by atoms with Gasteiger partial charge in [0.2, 0.25) is 11.3 Å². The molecule has 3 aromatic carbocycles. The molecule has 0 unspecified atom stereocenters. The summed E-state index contributed by atoms with van der Waals surface area (Å²) in [5, 5.41) is 14.4. The number of aromatic nitrogens is 1. The minimum absolute atomic E-state index is 0.0162. The van der Waals surface area contributed by atoms with E-state index < -0.39 is 35.0 Å². The molecule has 1 saturated heterocycles. The maximum atomic E-state index is 15.2. The smallest absolute Gasteiger partial charge is 0.410 e. The number of ether oxygens (including phenoxy) is 2. The zero-order valence-electron chi connectivity index (χ0n) is 28.4. The molecule has 1 aliphatic heterocycles. The largest absolute Gasteiger partial charge is 0.477 e. The molecule has 0 atom stereocenters. The van der Waals surface area contributed by atoms with Gasteiger partial charge in [-0.15, -0.1) is 0 Å². The number of carboxylic acid groups (broad SMARTS) is 1. The topological polar surface area (TPSA) is 177 Å². The van der Waals surface area contributed by atoms with Crippen molar-refractivity contribution in [3.63, 3.8) is 0 Å². The third-order valence-corrected chi connectivity index (χ3v) is 8.47. The van der Waals surface area contributed by atoms with E-state index in [1.54, 1.807) is 40.7 Å². The number of hydrogen-bond acceptors (Lipinski definition) is 9. The fraction of sp³-hybridized carbons (Fsp3) is 0.297. The van der Waals surface area contributed by atoms with E-state index in [1.165, 1.54) is 17.2 Å². The molecular weight excluding hydrogens is 677 g/mol. The van der Waals surface area contributed by atoms with Crippen LogP contribution in [-0.2, 0) is 38.8 Å². The number of amides is 3. The highest BCUT2D eigenvalue weighted by molar-refractivity contribution is 5.95. The summed E-state index contributed by atoms with van der Waals surface area (Å²) >= 11 is 0. The van der Waals surface area contributed by atoms with Crippen LogP contribution in [0.4, 0.5) is 25.4 Å². The fourth-order valence-electron chi connectivity index (χ4n) is 5.62. The number of Topliss-reactive ketones (excluding diaryl/α,β-unsaturated/α-hetero) is 1. The molecular formula is C37H38FN5O9. The van der Waals surface area contributed by atoms with Crippen molar-refractivity contribution < 1.29 is 42.9 Å². The summed E-state index contributed by atoms with van der Waals surface area (Å²) in [6, 6.07) is 18.4. The number of rotatable bonds is 13. The molecule has 2 heterocycles. The summed E-state index contributed by atoms with van der Waals surface area (Å²) in [5.41, 5.74) is 1.47. The Morgan fingerprint density at radius 2 is 1.54 bits per heavy atom. The summed E-state index contributed by atoms with van der Waals surface area (Å²) in [5.74, 6) is -2.75. The third-order valence-electron chi connectivity index (χ3n) is 8.47. The van der Waals surface area contributed by atoms with Crippen molar-refractivity contribution in [3.8, 4) is 0 Å². The van der Waals surface area contributed by atoms with Crippen molar-refractivity contribution >= 4 is 52.1 Å². The highest BCUT2D eigenvalue weighted by atomic mass is 19.1. The van der Waals surface area contributed by atoms with Crippen LogP contribution >= 0.6 is 0 Å². The Morgan fingerprint density at radius 1 is 0.865 bits per heavy atom. The average Bonchev–Trinajstić information content (AvgIpc) is 3.15. The first-order chi connectivity index (χ1) is 25.0. The van der Waals surface area contributed by atoms with Crippen molar-refractivity contribution in [1.29, 1.82) is 0 Å². The van der Waals surface area contributed by atoms with Gasteiger partial charge in [-0.25, -0.2) is 18.8 Å². The molecule has 5 rings (SSSR count). The maximum Gasteiger partial charge on any atom is 0.410 e. The van der Waals surface area contributed by atoms with Crippen LogP contribution in [0.3, 0.4) is 0 Å². The predicted molar refractivity (Wildman–Crippen MR) is 189 cm³/mol. The first-order valence-corrected chi connectivity index (χ1v) is 16.6. The van der Waals surface area contributed by atoms with Gasteiger partial charge in [-0.3, -0.25) is 14.4 Å². The van der Waals surface area contributed by atoms with Gasteiger partial charge in [-0.1, -0.05) is 42.5 Å². The van der Waals surface area contributed by atoms with Crippen LogP contribution in [0.2, 0.25) is 0 Å². The van der Waals surface area contributed by atoms with E-state index in [0.717, 1.165) is 11.6 Å². The van der Waals surface area contributed by atoms with Gasteiger partial charge in [-0.05, 0) is 42.3 Å². The number of hydrogen-bond donors (Lipinski definition) is 3. The van der Waals surface area contributed by atoms with Gasteiger partial charge in [0.15, 0.2) is 5.78 Å². The van der Waals surface area contributed by atoms with Gasteiger partial charge in [-0.2, -0.15) is 0 Å². The summed E-state index contributed by atoms with van der Waals surface area (Å²) in [7, 11) is 0. The average molecular weight is 716 g/mol. The number of benzene rings is 3. The summed E-state index contributed by atoms with van der Waals surface area (Å²) in [6.07, 6.45) is -0.154. The number of alkyl carbamates (subject to hydrolysis) is 1. The van der Waals surface area contributed by atoms with E-state index in [9.17, 15) is 33.9 Å². The van der Waals surface area contributed by atoms with Crippen LogP contribution in [0.15, 0.2) is 77.7 Å². The molecule has 1 fully saturated rings. The monoisotopic (exact) mass is 715 g/mol. The van der Waals surface area contributed by atoms with Crippen molar-refractivity contribution in [2.75, 3.05) is 42.9 Å². The van der Waals surface area contributed by atoms with E-state index in [-0.39, 0.29) is 68.5 Å². The normalized spacial score (nSPS) is 12.7. The molecule has 272 valence electrons. The van der Waals surface area contributed by atoms with Gasteiger partial charge in [0.05, 0.1) is 17.7 Å². The number of carboxylic acids is 1. The van der Waals surface area contributed by atoms with Crippen LogP contribution in [0, 0.1) is 5.82 Å². The van der Waals surface area contributed by atoms with Crippen molar-refractivity contribution in [2.24, 2.45) is 0 Å². The molecule has 3 amide bonds. The minimum atomic E-state index is -1.38. The lowest BCUT2D eigenvalue weighted by atomic mass is 10.1. The second kappa shape index (κ2) is 17.1. The van der Waals surface area contributed by atoms with Crippen LogP contribution < -0.4 is 21.0 Å². The predicted octanol–water partition coefficient (Wildman–Crippen LogP) is 4.53. The molecule has 0 bridgehead atoms. The van der Waals surface area contributed by atoms with Gasteiger partial charge < -0.3 is 39.6 Å². The Labute approximate surface area is 297 Å². The van der Waals surface area contributed by atoms with E-state index in [0.29, 0.717) is 36.4 Å². The van der Waals surface area contributed by atoms with Crippen molar-refractivity contribution in [3.05, 3.63) is 106 Å². The van der Waals surface area contributed by atoms with Crippen LogP contribution in [0.25, 0.3) is 10.9 Å². The molecule has 0 aliphatic carbocycles. The number of carbonyl (C=O) groups excluding carboxylic acids is 4. The number of fused-ring (bicyclic) bond motifs is 1. The summed E-state index contributed by atoms with van der Waals surface area (Å²) in [6.45, 7) is 3.10. The van der Waals surface area contributed by atoms with E-state index >= 15 is 4.39 Å². The fourth-order valence-corrected chi connectivity index (χ4v) is 5.62. The number of halogens is 1. The van der Waals surface area contributed by atoms with Crippen molar-refractivity contribution in [2.45, 2.75) is 39.5 Å². The Kier molecular flexibility index (Phi) is 12.2. The molecule has 1 aliphatic rings. The molecule has 15 heteroatoms. The van der Waals surface area contributed by atoms with Gasteiger partial charge in [0.1, 0.15) is 24.6 Å². The number of anilines is 2. The molecule has 0 saturated carbocycles. The Bertz CT molecular complexity index is 2010. The third kappa shape index (κ3) is 9.50. The van der Waals surface area contributed by atoms with Crippen LogP contribution in [0.1, 0.15) is 41.3 Å². The Balaban J connectivity index is 1.03. The zero-order valence-corrected chi connectivity index (χ0v) is 28.4. The first kappa shape index (κ1) is 37.0. The standard InChI is InChI=1S/C37H38FN5O9/c1-2-41-21-29(35(47)48)34(46)28-18-30(38)32(19-31(28)41)42-14-16-43(17-15-42)37(50)52-23-25-8-10-26(11-9-25)40-33(45)13-12-27(44)20-39-36(49)51-22-24-6-4-3-5-7-24/h3-11,18-19,21H,2,12-17,20,22-23H2,1H3,(H,39,49)(H,40,45)(H,47,48). The van der Waals surface area contributed by atoms with Crippen molar-refractivity contribution in [1.82, 2.24) is 14.8 Å². The lowest BCUT2D eigenvalue weighted by molar-refractivity contribution is -0.122. The summed E-state index contributed by atoms with van der Waals surface area (Å²) < 4.78 is 27.3. The number of aryl methyl sites for hydroxylation is 1. The number of nitrogens with zero attached hydrogens (tertiary/aromatic N) is 3. The second-order valence-corrected chi connectivity index (χ2v) is 12.0. The Morgan fingerprint density at radius 3 is 2.21 bits per heavy atom. The Hall–Kier alpha value is -6.25. The number of pyridine rings is 1. The molecule has 1 aromatic heterocycles. The SMILES string of the molecule is CCn1cc(C(=O)O)c(=O)c2cc(F)c(N3CCN(C(=O)OCc4ccc(NC(=O)CCC(=O)CNC(=O)OCc5ccccc5)cc4)CC3)cc21. The number of piperazine rings is 1. The number of nitrogens with one attached hydrogen (secondary N) is 2. The molecule has 4 aromatic rings. The number of ketones is 1. The molecule has 0 radical (unpaired) electrons. The van der Waals surface area contributed by atoms with Crippen LogP contribution in [0.5, 0.6) is 0 Å². The zero-order chi connectivity index (χ0) is 37.2. The number of aromatic carboxylic acids is 1. The highest BCUT2D eigenvalue weighted by Gasteiger charge is 2.25. The molecule has 0 spiro atoms. The first-order valence-electron chi connectivity index (χ1n) is 16.6. The minimum Gasteiger partial charge on any atom is -0.477 e. The lowest BCUT2D eigenvalue weighted by Gasteiger charge is -2.35. The molecule has 3 N–H and O–H groups in total. The van der Waals surface area contributed by atoms with Gasteiger partial charge in [0.25, 0.3) is 0 Å². The highest BCUT2D eigenvalue weighted by Crippen LogP contribution is 2.26. The summed E-state index contributed by atoms with van der Waals surface area (Å²) in [4.78, 5) is 76.5. The second-order valence-electron chi connectivity index (χ2n) is 12.0. The van der Waals surface area contributed by atoms with E-state index in [4.69, 9.17) is 9.47 Å².